The van der Waals surface area contributed by atoms with Crippen LogP contribution in [0.15, 0.2) is 40.2 Å². The van der Waals surface area contributed by atoms with Crippen molar-refractivity contribution >= 4 is 56.4 Å². The van der Waals surface area contributed by atoms with E-state index in [1.54, 1.807) is 23.1 Å². The van der Waals surface area contributed by atoms with Gasteiger partial charge in [0.05, 0.1) is 15.6 Å². The molecule has 1 unspecified atom stereocenters. The van der Waals surface area contributed by atoms with Crippen molar-refractivity contribution in [2.75, 3.05) is 11.9 Å². The predicted octanol–water partition coefficient (Wildman–Crippen LogP) is 4.41. The molecular formula is C16H14BrClN2O2S. The van der Waals surface area contributed by atoms with E-state index in [1.807, 2.05) is 17.5 Å². The van der Waals surface area contributed by atoms with Crippen LogP contribution in [-0.2, 0) is 4.79 Å². The number of nitrogens with zero attached hydrogens (tertiary/aromatic N) is 1. The van der Waals surface area contributed by atoms with Gasteiger partial charge >= 0.3 is 0 Å². The highest BCUT2D eigenvalue weighted by atomic mass is 79.9. The molecule has 4 nitrogen and oxygen atoms in total. The molecule has 2 amide bonds. The Balaban J connectivity index is 1.74. The smallest absolute Gasteiger partial charge is 0.264 e. The summed E-state index contributed by atoms with van der Waals surface area (Å²) in [5, 5.41) is 5.15. The van der Waals surface area contributed by atoms with Crippen molar-refractivity contribution in [1.29, 1.82) is 0 Å². The van der Waals surface area contributed by atoms with Gasteiger partial charge in [-0.2, -0.15) is 0 Å². The first kappa shape index (κ1) is 16.5. The van der Waals surface area contributed by atoms with Crippen molar-refractivity contribution in [3.8, 4) is 0 Å². The molecule has 7 heteroatoms. The lowest BCUT2D eigenvalue weighted by Crippen LogP contribution is -2.43. The molecule has 0 radical (unpaired) electrons. The van der Waals surface area contributed by atoms with Gasteiger partial charge in [-0.3, -0.25) is 9.59 Å². The lowest BCUT2D eigenvalue weighted by molar-refractivity contribution is -0.119. The average Bonchev–Trinajstić information content (AvgIpc) is 3.20. The standard InChI is InChI=1S/C16H14BrClN2O2S/c17-10-5-6-12(11(18)9-10)19-15(21)13-3-1-7-20(13)16(22)14-4-2-8-23-14/h2,4-6,8-9,13H,1,3,7H2,(H,19,21). The van der Waals surface area contributed by atoms with Crippen LogP contribution < -0.4 is 5.32 Å². The Morgan fingerprint density at radius 1 is 1.35 bits per heavy atom. The summed E-state index contributed by atoms with van der Waals surface area (Å²) in [4.78, 5) is 27.4. The maximum atomic E-state index is 12.6. The van der Waals surface area contributed by atoms with E-state index >= 15 is 0 Å². The van der Waals surface area contributed by atoms with Crippen LogP contribution in [0.25, 0.3) is 0 Å². The van der Waals surface area contributed by atoms with Gasteiger partial charge in [0.1, 0.15) is 6.04 Å². The Morgan fingerprint density at radius 2 is 2.17 bits per heavy atom. The molecule has 0 bridgehead atoms. The molecule has 1 N–H and O–H groups in total. The Labute approximate surface area is 151 Å². The summed E-state index contributed by atoms with van der Waals surface area (Å²) in [6.07, 6.45) is 1.49. The molecule has 2 aromatic rings. The van der Waals surface area contributed by atoms with Crippen LogP contribution in [0.1, 0.15) is 22.5 Å². The van der Waals surface area contributed by atoms with Crippen molar-refractivity contribution in [2.24, 2.45) is 0 Å². The van der Waals surface area contributed by atoms with Gasteiger partial charge in [0.2, 0.25) is 5.91 Å². The second-order valence-electron chi connectivity index (χ2n) is 5.25. The van der Waals surface area contributed by atoms with Gasteiger partial charge in [-0.1, -0.05) is 33.6 Å². The van der Waals surface area contributed by atoms with E-state index < -0.39 is 6.04 Å². The highest BCUT2D eigenvalue weighted by molar-refractivity contribution is 9.10. The van der Waals surface area contributed by atoms with E-state index in [4.69, 9.17) is 11.6 Å². The molecule has 1 aromatic carbocycles. The minimum absolute atomic E-state index is 0.0837. The van der Waals surface area contributed by atoms with E-state index in [0.717, 1.165) is 10.9 Å². The Bertz CT molecular complexity index is 736. The number of carbonyl (C=O) groups excluding carboxylic acids is 2. The fourth-order valence-corrected chi connectivity index (χ4v) is 4.03. The number of thiophene rings is 1. The minimum Gasteiger partial charge on any atom is -0.326 e. The number of carbonyl (C=O) groups is 2. The lowest BCUT2D eigenvalue weighted by atomic mass is 10.2. The van der Waals surface area contributed by atoms with Gasteiger partial charge in [0.25, 0.3) is 5.91 Å². The molecule has 1 aliphatic heterocycles. The molecular weight excluding hydrogens is 400 g/mol. The fraction of sp³-hybridized carbons (Fsp3) is 0.250. The number of likely N-dealkylation sites (tertiary alicyclic amines) is 1. The predicted molar refractivity (Wildman–Crippen MR) is 96.2 cm³/mol. The van der Waals surface area contributed by atoms with Crippen LogP contribution in [0.3, 0.4) is 0 Å². The van der Waals surface area contributed by atoms with E-state index in [-0.39, 0.29) is 11.8 Å². The molecule has 3 rings (SSSR count). The zero-order valence-electron chi connectivity index (χ0n) is 12.1. The Morgan fingerprint density at radius 3 is 2.87 bits per heavy atom. The maximum absolute atomic E-state index is 12.6. The second kappa shape index (κ2) is 7.03. The van der Waals surface area contributed by atoms with Gasteiger partial charge < -0.3 is 10.2 Å². The minimum atomic E-state index is -0.454. The number of nitrogens with one attached hydrogen (secondary N) is 1. The highest BCUT2D eigenvalue weighted by Gasteiger charge is 2.35. The van der Waals surface area contributed by atoms with Crippen molar-refractivity contribution in [3.63, 3.8) is 0 Å². The monoisotopic (exact) mass is 412 g/mol. The van der Waals surface area contributed by atoms with Crippen LogP contribution in [0, 0.1) is 0 Å². The summed E-state index contributed by atoms with van der Waals surface area (Å²) >= 11 is 10.9. The molecule has 23 heavy (non-hydrogen) atoms. The van der Waals surface area contributed by atoms with Crippen molar-refractivity contribution < 1.29 is 9.59 Å². The second-order valence-corrected chi connectivity index (χ2v) is 7.52. The quantitative estimate of drug-likeness (QED) is 0.810. The normalized spacial score (nSPS) is 17.3. The van der Waals surface area contributed by atoms with Gasteiger partial charge in [0.15, 0.2) is 0 Å². The van der Waals surface area contributed by atoms with Crippen LogP contribution >= 0.6 is 38.9 Å². The van der Waals surface area contributed by atoms with Crippen molar-refractivity contribution in [3.05, 3.63) is 50.1 Å². The van der Waals surface area contributed by atoms with Crippen molar-refractivity contribution in [1.82, 2.24) is 4.90 Å². The van der Waals surface area contributed by atoms with E-state index in [2.05, 4.69) is 21.2 Å². The lowest BCUT2D eigenvalue weighted by Gasteiger charge is -2.23. The summed E-state index contributed by atoms with van der Waals surface area (Å²) < 4.78 is 0.843. The van der Waals surface area contributed by atoms with Gasteiger partial charge in [-0.25, -0.2) is 0 Å². The number of hydrogen-bond donors (Lipinski definition) is 1. The highest BCUT2D eigenvalue weighted by Crippen LogP contribution is 2.28. The fourth-order valence-electron chi connectivity index (χ4n) is 2.63. The van der Waals surface area contributed by atoms with Crippen molar-refractivity contribution in [2.45, 2.75) is 18.9 Å². The summed E-state index contributed by atoms with van der Waals surface area (Å²) in [6, 6.07) is 8.44. The SMILES string of the molecule is O=C(Nc1ccc(Br)cc1Cl)C1CCCN1C(=O)c1cccs1. The van der Waals surface area contributed by atoms with Crippen LogP contribution in [-0.4, -0.2) is 29.3 Å². The Hall–Kier alpha value is -1.37. The van der Waals surface area contributed by atoms with E-state index in [0.29, 0.717) is 28.6 Å². The largest absolute Gasteiger partial charge is 0.326 e. The summed E-state index contributed by atoms with van der Waals surface area (Å²) in [7, 11) is 0. The topological polar surface area (TPSA) is 49.4 Å². The maximum Gasteiger partial charge on any atom is 0.264 e. The number of hydrogen-bond acceptors (Lipinski definition) is 3. The molecule has 2 heterocycles. The Kier molecular flexibility index (Phi) is 5.04. The number of benzene rings is 1. The molecule has 0 spiro atoms. The molecule has 1 atom stereocenters. The third-order valence-electron chi connectivity index (χ3n) is 3.74. The summed E-state index contributed by atoms with van der Waals surface area (Å²) in [5.41, 5.74) is 0.551. The first-order valence-corrected chi connectivity index (χ1v) is 9.21. The molecule has 1 aliphatic rings. The van der Waals surface area contributed by atoms with E-state index in [9.17, 15) is 9.59 Å². The zero-order valence-corrected chi connectivity index (χ0v) is 15.2. The third kappa shape index (κ3) is 3.59. The first-order chi connectivity index (χ1) is 11.1. The number of amides is 2. The zero-order chi connectivity index (χ0) is 16.4. The summed E-state index contributed by atoms with van der Waals surface area (Å²) in [5.74, 6) is -0.281. The van der Waals surface area contributed by atoms with Crippen LogP contribution in [0.4, 0.5) is 5.69 Å². The molecule has 1 fully saturated rings. The molecule has 0 saturated carbocycles. The molecule has 1 aromatic heterocycles. The van der Waals surface area contributed by atoms with E-state index in [1.165, 1.54) is 11.3 Å². The molecule has 0 aliphatic carbocycles. The van der Waals surface area contributed by atoms with Crippen LogP contribution in [0.5, 0.6) is 0 Å². The average molecular weight is 414 g/mol. The first-order valence-electron chi connectivity index (χ1n) is 7.16. The third-order valence-corrected chi connectivity index (χ3v) is 5.40. The van der Waals surface area contributed by atoms with Crippen LogP contribution in [0.2, 0.25) is 5.02 Å². The molecule has 1 saturated heterocycles. The van der Waals surface area contributed by atoms with Gasteiger partial charge in [-0.05, 0) is 42.5 Å². The molecule has 120 valence electrons. The number of anilines is 1. The number of rotatable bonds is 3. The number of halogens is 2. The summed E-state index contributed by atoms with van der Waals surface area (Å²) in [6.45, 7) is 0.600. The van der Waals surface area contributed by atoms with Gasteiger partial charge in [-0.15, -0.1) is 11.3 Å². The van der Waals surface area contributed by atoms with Gasteiger partial charge in [0, 0.05) is 11.0 Å².